The van der Waals surface area contributed by atoms with Gasteiger partial charge in [0.1, 0.15) is 11.4 Å². The highest BCUT2D eigenvalue weighted by Crippen LogP contribution is 2.56. The Kier molecular flexibility index (Phi) is 2.35. The molecule has 2 heterocycles. The third-order valence-electron chi connectivity index (χ3n) is 4.52. The summed E-state index contributed by atoms with van der Waals surface area (Å²) in [6.07, 6.45) is 3.76. The van der Waals surface area contributed by atoms with Crippen LogP contribution < -0.4 is 0 Å². The van der Waals surface area contributed by atoms with Gasteiger partial charge in [0.05, 0.1) is 12.0 Å². The van der Waals surface area contributed by atoms with Crippen LogP contribution in [0.1, 0.15) is 33.6 Å². The minimum Gasteiger partial charge on any atom is -0.378 e. The summed E-state index contributed by atoms with van der Waals surface area (Å²) in [5.74, 6) is 1.10. The molecule has 3 rings (SSSR count). The van der Waals surface area contributed by atoms with Gasteiger partial charge >= 0.3 is 0 Å². The van der Waals surface area contributed by atoms with E-state index in [4.69, 9.17) is 19.2 Å². The molecule has 0 aromatic heterocycles. The van der Waals surface area contributed by atoms with Crippen LogP contribution >= 0.6 is 0 Å². The largest absolute Gasteiger partial charge is 0.378 e. The van der Waals surface area contributed by atoms with Gasteiger partial charge in [0.2, 0.25) is 6.29 Å². The second kappa shape index (κ2) is 3.46. The third kappa shape index (κ3) is 1.47. The Labute approximate surface area is 102 Å². The Morgan fingerprint density at radius 2 is 2.12 bits per heavy atom. The van der Waals surface area contributed by atoms with Crippen LogP contribution in [-0.4, -0.2) is 25.1 Å². The van der Waals surface area contributed by atoms with Gasteiger partial charge in [0.15, 0.2) is 0 Å². The first-order chi connectivity index (χ1) is 7.97. The normalized spacial score (nSPS) is 47.1. The van der Waals surface area contributed by atoms with E-state index in [0.717, 1.165) is 18.6 Å². The smallest absolute Gasteiger partial charge is 0.226 e. The first-order valence-corrected chi connectivity index (χ1v) is 6.23. The average Bonchev–Trinajstić information content (AvgIpc) is 2.59. The summed E-state index contributed by atoms with van der Waals surface area (Å²) in [6, 6.07) is 0. The van der Waals surface area contributed by atoms with E-state index in [2.05, 4.69) is 20.8 Å². The Morgan fingerprint density at radius 3 is 2.82 bits per heavy atom. The van der Waals surface area contributed by atoms with Crippen LogP contribution in [0.5, 0.6) is 0 Å². The second-order valence-corrected chi connectivity index (χ2v) is 6.10. The van der Waals surface area contributed by atoms with E-state index in [1.54, 1.807) is 7.11 Å². The first kappa shape index (κ1) is 11.5. The van der Waals surface area contributed by atoms with Crippen molar-refractivity contribution in [2.24, 2.45) is 11.3 Å². The Balaban J connectivity index is 2.05. The number of rotatable bonds is 1. The topological polar surface area (TPSA) is 36.9 Å². The Morgan fingerprint density at radius 1 is 1.35 bits per heavy atom. The van der Waals surface area contributed by atoms with Gasteiger partial charge in [-0.2, -0.15) is 4.89 Å². The number of hydrogen-bond acceptors (Lipinski definition) is 4. The van der Waals surface area contributed by atoms with E-state index in [1.807, 2.05) is 6.08 Å². The highest BCUT2D eigenvalue weighted by Gasteiger charge is 2.60. The molecule has 0 aromatic carbocycles. The van der Waals surface area contributed by atoms with Crippen LogP contribution in [-0.2, 0) is 19.2 Å². The maximum Gasteiger partial charge on any atom is 0.226 e. The van der Waals surface area contributed by atoms with E-state index in [-0.39, 0.29) is 29.3 Å². The summed E-state index contributed by atoms with van der Waals surface area (Å²) in [6.45, 7) is 6.63. The molecule has 4 nitrogen and oxygen atoms in total. The molecule has 2 aliphatic heterocycles. The number of hydrogen-bond donors (Lipinski definition) is 0. The maximum absolute atomic E-state index is 6.06. The van der Waals surface area contributed by atoms with Gasteiger partial charge in [-0.25, -0.2) is 0 Å². The molecule has 1 saturated carbocycles. The molecule has 0 spiro atoms. The van der Waals surface area contributed by atoms with Crippen LogP contribution in [0.25, 0.3) is 0 Å². The minimum absolute atomic E-state index is 0.0945. The standard InChI is InChI=1S/C13H20O4/c1-12(2)6-5-9(14-4)13(3)11(12)8-7-10(15-13)17-16-8/h7,9-11H,5-6H2,1-4H3/t9-,10+,11?,13-/m0/s1. The monoisotopic (exact) mass is 240 g/mol. The summed E-state index contributed by atoms with van der Waals surface area (Å²) in [7, 11) is 1.75. The zero-order valence-corrected chi connectivity index (χ0v) is 10.9. The SMILES string of the molecule is CO[C@H]1CCC(C)(C)C2C3=C[C@@H](OO3)O[C@]21C. The number of fused-ring (bicyclic) bond motifs is 3. The first-order valence-electron chi connectivity index (χ1n) is 6.23. The molecule has 17 heavy (non-hydrogen) atoms. The quantitative estimate of drug-likeness (QED) is 0.659. The molecule has 0 N–H and O–H groups in total. The van der Waals surface area contributed by atoms with E-state index < -0.39 is 0 Å². The summed E-state index contributed by atoms with van der Waals surface area (Å²) in [5, 5.41) is 0. The fourth-order valence-corrected chi connectivity index (χ4v) is 3.80. The van der Waals surface area contributed by atoms with Crippen molar-refractivity contribution in [2.45, 2.75) is 51.6 Å². The Hall–Kier alpha value is -0.580. The van der Waals surface area contributed by atoms with Crippen molar-refractivity contribution in [1.82, 2.24) is 0 Å². The molecule has 3 aliphatic rings. The predicted octanol–water partition coefficient (Wildman–Crippen LogP) is 2.40. The molecule has 4 heteroatoms. The van der Waals surface area contributed by atoms with E-state index in [1.165, 1.54) is 0 Å². The van der Waals surface area contributed by atoms with Crippen molar-refractivity contribution in [1.29, 1.82) is 0 Å². The van der Waals surface area contributed by atoms with Crippen molar-refractivity contribution in [3.8, 4) is 0 Å². The molecule has 0 saturated heterocycles. The van der Waals surface area contributed by atoms with Gasteiger partial charge in [0.25, 0.3) is 0 Å². The zero-order valence-electron chi connectivity index (χ0n) is 10.9. The zero-order chi connectivity index (χ0) is 12.3. The van der Waals surface area contributed by atoms with Crippen LogP contribution in [0.15, 0.2) is 11.8 Å². The molecular weight excluding hydrogens is 220 g/mol. The third-order valence-corrected chi connectivity index (χ3v) is 4.52. The summed E-state index contributed by atoms with van der Waals surface area (Å²) >= 11 is 0. The van der Waals surface area contributed by atoms with Gasteiger partial charge < -0.3 is 14.4 Å². The summed E-state index contributed by atoms with van der Waals surface area (Å²) in [4.78, 5) is 10.5. The molecule has 1 unspecified atom stereocenters. The average molecular weight is 240 g/mol. The maximum atomic E-state index is 6.06. The molecule has 2 bridgehead atoms. The van der Waals surface area contributed by atoms with Crippen LogP contribution in [0.3, 0.4) is 0 Å². The van der Waals surface area contributed by atoms with Crippen molar-refractivity contribution < 1.29 is 19.2 Å². The van der Waals surface area contributed by atoms with Crippen molar-refractivity contribution in [3.63, 3.8) is 0 Å². The van der Waals surface area contributed by atoms with E-state index in [9.17, 15) is 0 Å². The fraction of sp³-hybridized carbons (Fsp3) is 0.846. The van der Waals surface area contributed by atoms with E-state index in [0.29, 0.717) is 0 Å². The van der Waals surface area contributed by atoms with E-state index >= 15 is 0 Å². The lowest BCUT2D eigenvalue weighted by Crippen LogP contribution is -2.60. The highest BCUT2D eigenvalue weighted by atomic mass is 17.2. The second-order valence-electron chi connectivity index (χ2n) is 6.10. The molecule has 0 amide bonds. The molecule has 0 aromatic rings. The summed E-state index contributed by atoms with van der Waals surface area (Å²) < 4.78 is 11.7. The van der Waals surface area contributed by atoms with Gasteiger partial charge in [-0.1, -0.05) is 13.8 Å². The number of ether oxygens (including phenoxy) is 2. The minimum atomic E-state index is -0.377. The lowest BCUT2D eigenvalue weighted by Gasteiger charge is -2.53. The van der Waals surface area contributed by atoms with Crippen LogP contribution in [0.2, 0.25) is 0 Å². The highest BCUT2D eigenvalue weighted by molar-refractivity contribution is 5.20. The summed E-state index contributed by atoms with van der Waals surface area (Å²) in [5.41, 5.74) is -0.226. The molecule has 96 valence electrons. The van der Waals surface area contributed by atoms with Crippen molar-refractivity contribution in [3.05, 3.63) is 11.8 Å². The van der Waals surface area contributed by atoms with Gasteiger partial charge in [-0.05, 0) is 25.2 Å². The number of methoxy groups -OCH3 is 1. The molecule has 4 atom stereocenters. The molecular formula is C13H20O4. The molecule has 1 fully saturated rings. The lowest BCUT2D eigenvalue weighted by atomic mass is 9.59. The predicted molar refractivity (Wildman–Crippen MR) is 60.8 cm³/mol. The molecule has 1 aliphatic carbocycles. The van der Waals surface area contributed by atoms with Crippen molar-refractivity contribution in [2.75, 3.05) is 7.11 Å². The lowest BCUT2D eigenvalue weighted by molar-refractivity contribution is -0.327. The van der Waals surface area contributed by atoms with Gasteiger partial charge in [0, 0.05) is 13.2 Å². The fourth-order valence-electron chi connectivity index (χ4n) is 3.80. The Bertz CT molecular complexity index is 362. The molecule has 0 radical (unpaired) electrons. The van der Waals surface area contributed by atoms with Gasteiger partial charge in [-0.3, -0.25) is 0 Å². The van der Waals surface area contributed by atoms with Crippen LogP contribution in [0.4, 0.5) is 0 Å². The van der Waals surface area contributed by atoms with Gasteiger partial charge in [-0.15, -0.1) is 0 Å². The van der Waals surface area contributed by atoms with Crippen molar-refractivity contribution >= 4 is 0 Å². The van der Waals surface area contributed by atoms with Crippen LogP contribution in [0, 0.1) is 11.3 Å².